The van der Waals surface area contributed by atoms with Crippen molar-refractivity contribution in [1.82, 2.24) is 20.1 Å². The number of likely N-dealkylation sites (tertiary alicyclic amines) is 1. The number of benzene rings is 2. The van der Waals surface area contributed by atoms with Gasteiger partial charge in [-0.1, -0.05) is 20.8 Å². The molecule has 1 aliphatic carbocycles. The number of nitrogens with zero attached hydrogens (tertiary/aromatic N) is 4. The van der Waals surface area contributed by atoms with E-state index in [1.54, 1.807) is 12.1 Å². The van der Waals surface area contributed by atoms with Crippen LogP contribution in [-0.2, 0) is 22.1 Å². The molecule has 2 saturated heterocycles. The summed E-state index contributed by atoms with van der Waals surface area (Å²) >= 11 is 0. The van der Waals surface area contributed by atoms with Crippen molar-refractivity contribution in [1.29, 1.82) is 0 Å². The van der Waals surface area contributed by atoms with E-state index in [9.17, 15) is 18.0 Å². The molecule has 1 unspecified atom stereocenters. The van der Waals surface area contributed by atoms with E-state index in [4.69, 9.17) is 14.5 Å². The Labute approximate surface area is 298 Å². The third-order valence-corrected chi connectivity index (χ3v) is 11.1. The van der Waals surface area contributed by atoms with Crippen LogP contribution in [0.5, 0.6) is 11.5 Å². The zero-order valence-electron chi connectivity index (χ0n) is 29.7. The normalized spacial score (nSPS) is 21.4. The van der Waals surface area contributed by atoms with Gasteiger partial charge in [-0.25, -0.2) is 0 Å². The van der Waals surface area contributed by atoms with Gasteiger partial charge in [-0.05, 0) is 124 Å². The smallest absolute Gasteiger partial charge is 0.417 e. The first-order chi connectivity index (χ1) is 24.5. The van der Waals surface area contributed by atoms with Crippen molar-refractivity contribution >= 4 is 16.7 Å². The predicted octanol–water partition coefficient (Wildman–Crippen LogP) is 9.53. The van der Waals surface area contributed by atoms with Crippen LogP contribution >= 0.6 is 0 Å². The molecule has 3 aliphatic rings. The second kappa shape index (κ2) is 15.0. The lowest BCUT2D eigenvalue weighted by Crippen LogP contribution is -2.43. The fourth-order valence-corrected chi connectivity index (χ4v) is 7.99. The van der Waals surface area contributed by atoms with E-state index in [1.807, 2.05) is 36.4 Å². The first kappa shape index (κ1) is 35.5. The SMILES string of the molecule is CC(C)c1ccc(-c2ccc(Oc3cc4nc(C5CCN(C6CCOCC6)CC5)cc(C(F)(F)F)c4cc3CC3CC[C@@H](C)CC3=O)cc2)nn1. The Morgan fingerprint density at radius 3 is 2.31 bits per heavy atom. The largest absolute Gasteiger partial charge is 0.457 e. The van der Waals surface area contributed by atoms with Gasteiger partial charge in [0, 0.05) is 60.2 Å². The van der Waals surface area contributed by atoms with Crippen molar-refractivity contribution in [2.75, 3.05) is 26.3 Å². The lowest BCUT2D eigenvalue weighted by Gasteiger charge is -2.39. The van der Waals surface area contributed by atoms with E-state index in [2.05, 4.69) is 35.9 Å². The third-order valence-electron chi connectivity index (χ3n) is 11.1. The number of Topliss-reactive ketones (excluding diaryl/α,β-unsaturated/α-hetero) is 1. The summed E-state index contributed by atoms with van der Waals surface area (Å²) in [6, 6.07) is 16.3. The summed E-state index contributed by atoms with van der Waals surface area (Å²) in [4.78, 5) is 20.5. The highest BCUT2D eigenvalue weighted by molar-refractivity contribution is 5.87. The molecule has 0 radical (unpaired) electrons. The molecule has 51 heavy (non-hydrogen) atoms. The summed E-state index contributed by atoms with van der Waals surface area (Å²) in [5.74, 6) is 1.37. The molecule has 0 spiro atoms. The fraction of sp³-hybridized carbons (Fsp3) is 0.512. The number of alkyl halides is 3. The maximum absolute atomic E-state index is 14.8. The van der Waals surface area contributed by atoms with Crippen molar-refractivity contribution < 1.29 is 27.4 Å². The van der Waals surface area contributed by atoms with E-state index in [0.717, 1.165) is 75.4 Å². The second-order valence-corrected chi connectivity index (χ2v) is 15.1. The summed E-state index contributed by atoms with van der Waals surface area (Å²) < 4.78 is 56.4. The molecular weight excluding hydrogens is 653 g/mol. The maximum Gasteiger partial charge on any atom is 0.417 e. The van der Waals surface area contributed by atoms with E-state index >= 15 is 0 Å². The van der Waals surface area contributed by atoms with Crippen LogP contribution in [0.25, 0.3) is 22.2 Å². The molecule has 7 rings (SSSR count). The number of hydrogen-bond acceptors (Lipinski definition) is 7. The Kier molecular flexibility index (Phi) is 10.4. The highest BCUT2D eigenvalue weighted by Gasteiger charge is 2.36. The third kappa shape index (κ3) is 8.12. The quantitative estimate of drug-likeness (QED) is 0.181. The topological polar surface area (TPSA) is 77.4 Å². The van der Waals surface area contributed by atoms with Gasteiger partial charge in [0.15, 0.2) is 0 Å². The number of aromatic nitrogens is 3. The minimum absolute atomic E-state index is 0.0450. The summed E-state index contributed by atoms with van der Waals surface area (Å²) in [6.07, 6.45) is 1.36. The average molecular weight is 701 g/mol. The second-order valence-electron chi connectivity index (χ2n) is 15.1. The molecule has 7 nitrogen and oxygen atoms in total. The number of fused-ring (bicyclic) bond motifs is 1. The number of piperidine rings is 1. The van der Waals surface area contributed by atoms with Gasteiger partial charge in [0.2, 0.25) is 0 Å². The van der Waals surface area contributed by atoms with Gasteiger partial charge in [-0.3, -0.25) is 9.78 Å². The molecule has 2 atom stereocenters. The summed E-state index contributed by atoms with van der Waals surface area (Å²) in [6.45, 7) is 9.40. The molecular formula is C41H47F3N4O3. The Balaban J connectivity index is 1.21. The van der Waals surface area contributed by atoms with E-state index < -0.39 is 11.7 Å². The number of carbonyl (C=O) groups is 1. The zero-order chi connectivity index (χ0) is 35.7. The number of pyridine rings is 1. The van der Waals surface area contributed by atoms with Crippen LogP contribution in [0.1, 0.15) is 100 Å². The molecule has 4 heterocycles. The van der Waals surface area contributed by atoms with Gasteiger partial charge in [0.05, 0.1) is 22.5 Å². The molecule has 0 bridgehead atoms. The van der Waals surface area contributed by atoms with Crippen molar-refractivity contribution in [3.05, 3.63) is 77.1 Å². The van der Waals surface area contributed by atoms with Crippen LogP contribution in [0.2, 0.25) is 0 Å². The van der Waals surface area contributed by atoms with E-state index in [0.29, 0.717) is 54.0 Å². The maximum atomic E-state index is 14.8. The average Bonchev–Trinajstić information content (AvgIpc) is 3.13. The monoisotopic (exact) mass is 700 g/mol. The molecule has 0 amide bonds. The molecule has 4 aromatic rings. The first-order valence-corrected chi connectivity index (χ1v) is 18.5. The van der Waals surface area contributed by atoms with E-state index in [1.165, 1.54) is 6.07 Å². The number of ketones is 1. The number of ether oxygens (including phenoxy) is 2. The number of hydrogen-bond donors (Lipinski definition) is 0. The molecule has 2 aliphatic heterocycles. The summed E-state index contributed by atoms with van der Waals surface area (Å²) in [7, 11) is 0. The van der Waals surface area contributed by atoms with Crippen LogP contribution in [0, 0.1) is 11.8 Å². The number of rotatable bonds is 8. The molecule has 270 valence electrons. The van der Waals surface area contributed by atoms with Gasteiger partial charge in [0.1, 0.15) is 17.3 Å². The zero-order valence-corrected chi connectivity index (χ0v) is 29.7. The van der Waals surface area contributed by atoms with Gasteiger partial charge in [0.25, 0.3) is 0 Å². The Hall–Kier alpha value is -3.89. The van der Waals surface area contributed by atoms with Crippen molar-refractivity contribution in [2.45, 2.75) is 96.2 Å². The number of halogens is 3. The Morgan fingerprint density at radius 1 is 0.922 bits per heavy atom. The minimum Gasteiger partial charge on any atom is -0.457 e. The highest BCUT2D eigenvalue weighted by Crippen LogP contribution is 2.42. The van der Waals surface area contributed by atoms with Crippen molar-refractivity contribution in [3.63, 3.8) is 0 Å². The van der Waals surface area contributed by atoms with Crippen LogP contribution in [0.15, 0.2) is 54.6 Å². The first-order valence-electron chi connectivity index (χ1n) is 18.5. The number of carbonyl (C=O) groups excluding carboxylic acids is 1. The Morgan fingerprint density at radius 2 is 1.67 bits per heavy atom. The lowest BCUT2D eigenvalue weighted by molar-refractivity contribution is -0.136. The van der Waals surface area contributed by atoms with Crippen LogP contribution in [-0.4, -0.2) is 58.2 Å². The van der Waals surface area contributed by atoms with Crippen LogP contribution in [0.4, 0.5) is 13.2 Å². The fourth-order valence-electron chi connectivity index (χ4n) is 7.99. The summed E-state index contributed by atoms with van der Waals surface area (Å²) in [5, 5.41) is 8.77. The van der Waals surface area contributed by atoms with Gasteiger partial charge in [-0.2, -0.15) is 23.4 Å². The molecule has 0 N–H and O–H groups in total. The van der Waals surface area contributed by atoms with E-state index in [-0.39, 0.29) is 34.4 Å². The molecule has 3 fully saturated rings. The van der Waals surface area contributed by atoms with Gasteiger partial charge in [-0.15, -0.1) is 0 Å². The molecule has 2 aromatic heterocycles. The lowest BCUT2D eigenvalue weighted by atomic mass is 9.79. The summed E-state index contributed by atoms with van der Waals surface area (Å²) in [5.41, 5.74) is 3.15. The highest BCUT2D eigenvalue weighted by atomic mass is 19.4. The van der Waals surface area contributed by atoms with Gasteiger partial charge < -0.3 is 14.4 Å². The molecule has 1 saturated carbocycles. The Bertz CT molecular complexity index is 1830. The van der Waals surface area contributed by atoms with Gasteiger partial charge >= 0.3 is 6.18 Å². The van der Waals surface area contributed by atoms with Crippen molar-refractivity contribution in [2.24, 2.45) is 11.8 Å². The van der Waals surface area contributed by atoms with Crippen molar-refractivity contribution in [3.8, 4) is 22.8 Å². The molecule has 10 heteroatoms. The van der Waals surface area contributed by atoms with Crippen LogP contribution < -0.4 is 4.74 Å². The molecule has 2 aromatic carbocycles. The standard InChI is InChI=1S/C41H47F3N4O3/c1-25(2)35-10-11-36(47-46-35)27-6-8-32(9-7-27)51-40-24-38-33(22-30(40)21-29-5-4-26(3)20-39(29)49)34(41(42,43)44)23-37(45-38)28-12-16-48(17-13-28)31-14-18-50-19-15-31/h6-11,22-26,28-29,31H,4-5,12-21H2,1-3H3/t26-,29?/m1/s1. The van der Waals surface area contributed by atoms with Crippen LogP contribution in [0.3, 0.4) is 0 Å². The predicted molar refractivity (Wildman–Crippen MR) is 191 cm³/mol. The minimum atomic E-state index is -4.57.